The molecular formula is C16H12Cl2O. The lowest BCUT2D eigenvalue weighted by molar-refractivity contribution is 0.103. The molecule has 0 atom stereocenters. The Bertz CT molecular complexity index is 662. The van der Waals surface area contributed by atoms with Crippen LogP contribution in [0.1, 0.15) is 33.5 Å². The van der Waals surface area contributed by atoms with Crippen LogP contribution in [0.5, 0.6) is 0 Å². The minimum absolute atomic E-state index is 0.00623. The lowest BCUT2D eigenvalue weighted by atomic mass is 9.99. The molecule has 0 fully saturated rings. The molecule has 0 spiro atoms. The third-order valence-electron chi connectivity index (χ3n) is 3.54. The van der Waals surface area contributed by atoms with Gasteiger partial charge in [-0.2, -0.15) is 0 Å². The van der Waals surface area contributed by atoms with Crippen LogP contribution < -0.4 is 0 Å². The van der Waals surface area contributed by atoms with E-state index in [0.29, 0.717) is 15.6 Å². The highest BCUT2D eigenvalue weighted by Gasteiger charge is 2.15. The average Bonchev–Trinajstić information content (AvgIpc) is 2.88. The van der Waals surface area contributed by atoms with Crippen molar-refractivity contribution < 1.29 is 4.79 Å². The zero-order valence-corrected chi connectivity index (χ0v) is 11.8. The Morgan fingerprint density at radius 1 is 0.842 bits per heavy atom. The van der Waals surface area contributed by atoms with Crippen LogP contribution in [0.4, 0.5) is 0 Å². The summed E-state index contributed by atoms with van der Waals surface area (Å²) in [6.45, 7) is 0. The molecule has 96 valence electrons. The number of carbonyl (C=O) groups is 1. The van der Waals surface area contributed by atoms with Crippen molar-refractivity contribution in [2.45, 2.75) is 19.3 Å². The van der Waals surface area contributed by atoms with Gasteiger partial charge in [0.25, 0.3) is 0 Å². The molecule has 3 heteroatoms. The lowest BCUT2D eigenvalue weighted by Crippen LogP contribution is -2.02. The zero-order chi connectivity index (χ0) is 13.4. The van der Waals surface area contributed by atoms with Gasteiger partial charge in [-0.3, -0.25) is 4.79 Å². The summed E-state index contributed by atoms with van der Waals surface area (Å²) >= 11 is 11.8. The molecule has 2 aromatic carbocycles. The maximum atomic E-state index is 12.4. The molecule has 0 amide bonds. The van der Waals surface area contributed by atoms with E-state index >= 15 is 0 Å². The predicted molar refractivity (Wildman–Crippen MR) is 78.4 cm³/mol. The van der Waals surface area contributed by atoms with Crippen LogP contribution in [-0.2, 0) is 12.8 Å². The van der Waals surface area contributed by atoms with Gasteiger partial charge in [0.2, 0.25) is 0 Å². The lowest BCUT2D eigenvalue weighted by Gasteiger charge is -2.05. The molecular weight excluding hydrogens is 279 g/mol. The fourth-order valence-corrected chi connectivity index (χ4v) is 2.82. The van der Waals surface area contributed by atoms with Crippen molar-refractivity contribution in [3.8, 4) is 0 Å². The maximum Gasteiger partial charge on any atom is 0.193 e. The third kappa shape index (κ3) is 2.41. The van der Waals surface area contributed by atoms with Crippen LogP contribution in [0.3, 0.4) is 0 Å². The minimum atomic E-state index is -0.00623. The van der Waals surface area contributed by atoms with Gasteiger partial charge in [-0.05, 0) is 54.7 Å². The number of aryl methyl sites for hydroxylation is 2. The molecule has 0 unspecified atom stereocenters. The van der Waals surface area contributed by atoms with E-state index in [1.807, 2.05) is 12.1 Å². The molecule has 0 bridgehead atoms. The van der Waals surface area contributed by atoms with Crippen molar-refractivity contribution in [2.24, 2.45) is 0 Å². The van der Waals surface area contributed by atoms with Crippen molar-refractivity contribution in [1.29, 1.82) is 0 Å². The van der Waals surface area contributed by atoms with E-state index in [9.17, 15) is 4.79 Å². The van der Waals surface area contributed by atoms with Crippen molar-refractivity contribution in [3.05, 3.63) is 68.7 Å². The van der Waals surface area contributed by atoms with Crippen molar-refractivity contribution in [2.75, 3.05) is 0 Å². The van der Waals surface area contributed by atoms with Crippen LogP contribution >= 0.6 is 23.2 Å². The fraction of sp³-hybridized carbons (Fsp3) is 0.188. The number of halogens is 2. The van der Waals surface area contributed by atoms with Gasteiger partial charge in [-0.1, -0.05) is 35.3 Å². The van der Waals surface area contributed by atoms with Gasteiger partial charge in [0, 0.05) is 11.1 Å². The summed E-state index contributed by atoms with van der Waals surface area (Å²) in [5, 5.41) is 0.876. The van der Waals surface area contributed by atoms with E-state index in [1.165, 1.54) is 17.5 Å². The molecule has 0 radical (unpaired) electrons. The van der Waals surface area contributed by atoms with Gasteiger partial charge in [0.1, 0.15) is 0 Å². The number of hydrogen-bond acceptors (Lipinski definition) is 1. The fourth-order valence-electron chi connectivity index (χ4n) is 2.52. The molecule has 19 heavy (non-hydrogen) atoms. The standard InChI is InChI=1S/C16H12Cl2O/c17-14-7-6-13(9-15(14)18)16(19)12-5-4-10-2-1-3-11(10)8-12/h4-9H,1-3H2. The topological polar surface area (TPSA) is 17.1 Å². The van der Waals surface area contributed by atoms with Gasteiger partial charge >= 0.3 is 0 Å². The van der Waals surface area contributed by atoms with Crippen LogP contribution in [-0.4, -0.2) is 5.78 Å². The first-order chi connectivity index (χ1) is 9.15. The molecule has 1 aliphatic carbocycles. The van der Waals surface area contributed by atoms with Crippen molar-refractivity contribution in [3.63, 3.8) is 0 Å². The van der Waals surface area contributed by atoms with E-state index in [4.69, 9.17) is 23.2 Å². The molecule has 3 rings (SSSR count). The van der Waals surface area contributed by atoms with Crippen molar-refractivity contribution >= 4 is 29.0 Å². The Balaban J connectivity index is 1.97. The Hall–Kier alpha value is -1.31. The second-order valence-electron chi connectivity index (χ2n) is 4.80. The van der Waals surface area contributed by atoms with E-state index in [2.05, 4.69) is 6.07 Å². The highest BCUT2D eigenvalue weighted by atomic mass is 35.5. The summed E-state index contributed by atoms with van der Waals surface area (Å²) in [5.74, 6) is -0.00623. The molecule has 0 N–H and O–H groups in total. The number of rotatable bonds is 2. The monoisotopic (exact) mass is 290 g/mol. The number of carbonyl (C=O) groups excluding carboxylic acids is 1. The minimum Gasteiger partial charge on any atom is -0.289 e. The van der Waals surface area contributed by atoms with Gasteiger partial charge in [-0.15, -0.1) is 0 Å². The molecule has 0 saturated carbocycles. The van der Waals surface area contributed by atoms with E-state index in [-0.39, 0.29) is 5.78 Å². The second-order valence-corrected chi connectivity index (χ2v) is 5.61. The molecule has 0 aromatic heterocycles. The van der Waals surface area contributed by atoms with Gasteiger partial charge < -0.3 is 0 Å². The molecule has 0 aliphatic heterocycles. The number of ketones is 1. The van der Waals surface area contributed by atoms with Crippen LogP contribution in [0.15, 0.2) is 36.4 Å². The quantitative estimate of drug-likeness (QED) is 0.732. The predicted octanol–water partition coefficient (Wildman–Crippen LogP) is 4.71. The maximum absolute atomic E-state index is 12.4. The van der Waals surface area contributed by atoms with Crippen LogP contribution in [0.2, 0.25) is 10.0 Å². The molecule has 1 aliphatic rings. The van der Waals surface area contributed by atoms with Crippen LogP contribution in [0.25, 0.3) is 0 Å². The van der Waals surface area contributed by atoms with E-state index in [1.54, 1.807) is 18.2 Å². The highest BCUT2D eigenvalue weighted by Crippen LogP contribution is 2.26. The van der Waals surface area contributed by atoms with E-state index in [0.717, 1.165) is 18.4 Å². The second kappa shape index (κ2) is 4.99. The summed E-state index contributed by atoms with van der Waals surface area (Å²) < 4.78 is 0. The summed E-state index contributed by atoms with van der Waals surface area (Å²) in [4.78, 5) is 12.4. The molecule has 1 nitrogen and oxygen atoms in total. The molecule has 0 heterocycles. The number of fused-ring (bicyclic) bond motifs is 1. The van der Waals surface area contributed by atoms with Gasteiger partial charge in [0.05, 0.1) is 10.0 Å². The Kier molecular flexibility index (Phi) is 3.34. The van der Waals surface area contributed by atoms with Gasteiger partial charge in [0.15, 0.2) is 5.78 Å². The first-order valence-corrected chi connectivity index (χ1v) is 7.02. The average molecular weight is 291 g/mol. The summed E-state index contributed by atoms with van der Waals surface area (Å²) in [6, 6.07) is 11.0. The molecule has 2 aromatic rings. The summed E-state index contributed by atoms with van der Waals surface area (Å²) in [6.07, 6.45) is 3.37. The first-order valence-electron chi connectivity index (χ1n) is 6.27. The van der Waals surface area contributed by atoms with Crippen molar-refractivity contribution in [1.82, 2.24) is 0 Å². The summed E-state index contributed by atoms with van der Waals surface area (Å²) in [7, 11) is 0. The highest BCUT2D eigenvalue weighted by molar-refractivity contribution is 6.42. The van der Waals surface area contributed by atoms with Crippen LogP contribution in [0, 0.1) is 0 Å². The smallest absolute Gasteiger partial charge is 0.193 e. The summed E-state index contributed by atoms with van der Waals surface area (Å²) in [5.41, 5.74) is 3.96. The number of benzene rings is 2. The SMILES string of the molecule is O=C(c1ccc(Cl)c(Cl)c1)c1ccc2c(c1)CCC2. The largest absolute Gasteiger partial charge is 0.289 e. The van der Waals surface area contributed by atoms with Gasteiger partial charge in [-0.25, -0.2) is 0 Å². The molecule has 0 saturated heterocycles. The Morgan fingerprint density at radius 2 is 1.53 bits per heavy atom. The first kappa shape index (κ1) is 12.7. The zero-order valence-electron chi connectivity index (χ0n) is 10.2. The number of hydrogen-bond donors (Lipinski definition) is 0. The third-order valence-corrected chi connectivity index (χ3v) is 4.28. The van der Waals surface area contributed by atoms with E-state index < -0.39 is 0 Å². The Labute approximate surface area is 122 Å². The normalized spacial score (nSPS) is 13.4. The Morgan fingerprint density at radius 3 is 2.32 bits per heavy atom.